The van der Waals surface area contributed by atoms with Gasteiger partial charge in [-0.3, -0.25) is 0 Å². The molecular weight excluding hydrogens is 841 g/mol. The van der Waals surface area contributed by atoms with Gasteiger partial charge in [0.05, 0.1) is 0 Å². The van der Waals surface area contributed by atoms with E-state index < -0.39 is 0 Å². The fourth-order valence-corrected chi connectivity index (χ4v) is 13.1. The van der Waals surface area contributed by atoms with Crippen LogP contribution in [0.1, 0.15) is 135 Å². The van der Waals surface area contributed by atoms with Gasteiger partial charge in [-0.15, -0.1) is 0 Å². The Morgan fingerprint density at radius 1 is 0.329 bits per heavy atom. The van der Waals surface area contributed by atoms with Crippen LogP contribution in [-0.2, 0) is 34.5 Å². The third kappa shape index (κ3) is 6.27. The minimum absolute atomic E-state index is 0.0467. The van der Waals surface area contributed by atoms with Gasteiger partial charge in [-0.05, 0) is 212 Å². The molecule has 10 aromatic rings. The predicted molar refractivity (Wildman–Crippen MR) is 305 cm³/mol. The van der Waals surface area contributed by atoms with Gasteiger partial charge < -0.3 is 0 Å². The highest BCUT2D eigenvalue weighted by atomic mass is 14.4. The highest BCUT2D eigenvalue weighted by Crippen LogP contribution is 2.54. The number of benzene rings is 10. The van der Waals surface area contributed by atoms with E-state index in [9.17, 15) is 0 Å². The molecule has 0 fully saturated rings. The summed E-state index contributed by atoms with van der Waals surface area (Å²) < 4.78 is 0. The molecule has 0 radical (unpaired) electrons. The number of rotatable bonds is 2. The molecule has 0 saturated heterocycles. The van der Waals surface area contributed by atoms with Crippen molar-refractivity contribution in [1.29, 1.82) is 0 Å². The summed E-state index contributed by atoms with van der Waals surface area (Å²) in [5.74, 6) is 0. The van der Waals surface area contributed by atoms with Gasteiger partial charge in [-0.25, -0.2) is 0 Å². The van der Waals surface area contributed by atoms with E-state index >= 15 is 0 Å². The van der Waals surface area contributed by atoms with E-state index in [1.165, 1.54) is 142 Å². The molecule has 70 heavy (non-hydrogen) atoms. The molecule has 0 heterocycles. The van der Waals surface area contributed by atoms with Crippen LogP contribution in [0.25, 0.3) is 110 Å². The summed E-state index contributed by atoms with van der Waals surface area (Å²) in [6, 6.07) is 51.2. The Morgan fingerprint density at radius 3 is 1.29 bits per heavy atom. The second kappa shape index (κ2) is 14.5. The number of hydrogen-bond donors (Lipinski definition) is 0. The molecule has 0 spiro atoms. The first-order chi connectivity index (χ1) is 33.3. The van der Waals surface area contributed by atoms with Crippen molar-refractivity contribution < 1.29 is 0 Å². The summed E-state index contributed by atoms with van der Waals surface area (Å²) in [6.07, 6.45) is 6.86. The van der Waals surface area contributed by atoms with Crippen LogP contribution in [0.5, 0.6) is 0 Å². The zero-order valence-corrected chi connectivity index (χ0v) is 43.5. The zero-order chi connectivity index (χ0) is 48.6. The van der Waals surface area contributed by atoms with E-state index in [0.717, 1.165) is 25.7 Å². The summed E-state index contributed by atoms with van der Waals surface area (Å²) in [7, 11) is 0. The highest BCUT2D eigenvalue weighted by Gasteiger charge is 2.33. The minimum atomic E-state index is -0.0482. The maximum absolute atomic E-state index is 2.69. The molecule has 0 atom stereocenters. The van der Waals surface area contributed by atoms with Crippen LogP contribution in [0.3, 0.4) is 0 Å². The largest absolute Gasteiger partial charge is 0.0763 e. The summed E-state index contributed by atoms with van der Waals surface area (Å²) in [5, 5.41) is 19.4. The number of fused-ring (bicyclic) bond motifs is 12. The van der Waals surface area contributed by atoms with E-state index in [1.54, 1.807) is 11.1 Å². The maximum Gasteiger partial charge on any atom is -0.000763 e. The van der Waals surface area contributed by atoms with Crippen molar-refractivity contribution in [2.75, 3.05) is 0 Å². The van der Waals surface area contributed by atoms with E-state index in [2.05, 4.69) is 217 Å². The second-order valence-electron chi connectivity index (χ2n) is 25.5. The maximum atomic E-state index is 2.69. The Bertz CT molecular complexity index is 4050. The van der Waals surface area contributed by atoms with E-state index in [0.29, 0.717) is 0 Å². The first-order valence-corrected chi connectivity index (χ1v) is 26.2. The summed E-state index contributed by atoms with van der Waals surface area (Å²) in [5.41, 5.74) is 19.6. The smallest absolute Gasteiger partial charge is 0.000763 e. The first-order valence-electron chi connectivity index (χ1n) is 26.2. The quantitative estimate of drug-likeness (QED) is 0.120. The van der Waals surface area contributed by atoms with Crippen molar-refractivity contribution in [2.24, 2.45) is 0 Å². The normalized spacial score (nSPS) is 14.7. The molecule has 3 aliphatic rings. The number of aryl methyl sites for hydroxylation is 2. The predicted octanol–water partition coefficient (Wildman–Crippen LogP) is 18.0. The van der Waals surface area contributed by atoms with Crippen LogP contribution in [-0.4, -0.2) is 0 Å². The lowest BCUT2D eigenvalue weighted by Gasteiger charge is -2.29. The lowest BCUT2D eigenvalue weighted by molar-refractivity contribution is 0.568. The molecule has 0 nitrogen and oxygen atoms in total. The Morgan fingerprint density at radius 2 is 0.771 bits per heavy atom. The molecule has 0 aliphatic heterocycles. The van der Waals surface area contributed by atoms with Crippen LogP contribution >= 0.6 is 0 Å². The van der Waals surface area contributed by atoms with E-state index in [-0.39, 0.29) is 21.7 Å². The van der Waals surface area contributed by atoms with Crippen molar-refractivity contribution in [1.82, 2.24) is 0 Å². The molecular formula is C70H66. The molecule has 10 aromatic carbocycles. The van der Waals surface area contributed by atoms with Crippen molar-refractivity contribution in [3.63, 3.8) is 0 Å². The average molecular weight is 907 g/mol. The Kier molecular flexibility index (Phi) is 9.04. The number of hydrogen-bond acceptors (Lipinski definition) is 0. The van der Waals surface area contributed by atoms with Crippen LogP contribution in [0.2, 0.25) is 0 Å². The monoisotopic (exact) mass is 907 g/mol. The SMILES string of the molecule is CC(C)(C)c1cc(-c2c3cc4c(cc3c(-c3cc(C(C)(C)C)cc(C(C)(C)C)c3)c3c5ccccc5c5ccccc5c23)-c2ccc3c5c(c6c7c(cccc73)=CCC6)CCC4=c25)cc(C(C)(C)C)c1. The molecule has 0 saturated carbocycles. The van der Waals surface area contributed by atoms with Crippen LogP contribution in [0, 0.1) is 0 Å². The molecule has 346 valence electrons. The third-order valence-electron chi connectivity index (χ3n) is 16.9. The Hall–Kier alpha value is -6.50. The lowest BCUT2D eigenvalue weighted by Crippen LogP contribution is -2.19. The van der Waals surface area contributed by atoms with E-state index in [1.807, 2.05) is 0 Å². The molecule has 0 bridgehead atoms. The molecule has 0 unspecified atom stereocenters. The minimum Gasteiger partial charge on any atom is -0.0763 e. The molecule has 0 aromatic heterocycles. The average Bonchev–Trinajstić information content (AvgIpc) is 3.64. The van der Waals surface area contributed by atoms with Gasteiger partial charge in [-0.2, -0.15) is 0 Å². The fourth-order valence-electron chi connectivity index (χ4n) is 13.1. The molecule has 0 heteroatoms. The van der Waals surface area contributed by atoms with Gasteiger partial charge >= 0.3 is 0 Å². The highest BCUT2D eigenvalue weighted by molar-refractivity contribution is 6.37. The Labute approximate surface area is 414 Å². The molecule has 3 aliphatic carbocycles. The van der Waals surface area contributed by atoms with Crippen molar-refractivity contribution in [3.8, 4) is 33.4 Å². The van der Waals surface area contributed by atoms with E-state index in [4.69, 9.17) is 0 Å². The van der Waals surface area contributed by atoms with Crippen LogP contribution < -0.4 is 10.4 Å². The summed E-state index contributed by atoms with van der Waals surface area (Å²) in [4.78, 5) is 0. The molecule has 0 amide bonds. The van der Waals surface area contributed by atoms with Gasteiger partial charge in [0.1, 0.15) is 0 Å². The topological polar surface area (TPSA) is 0 Å². The van der Waals surface area contributed by atoms with Crippen molar-refractivity contribution >= 4 is 76.3 Å². The van der Waals surface area contributed by atoms with Crippen LogP contribution in [0.4, 0.5) is 0 Å². The van der Waals surface area contributed by atoms with Gasteiger partial charge in [0.2, 0.25) is 0 Å². The Balaban J connectivity index is 1.29. The van der Waals surface area contributed by atoms with Gasteiger partial charge in [0, 0.05) is 0 Å². The zero-order valence-electron chi connectivity index (χ0n) is 43.5. The summed E-state index contributed by atoms with van der Waals surface area (Å²) in [6.45, 7) is 28.6. The molecule has 0 N–H and O–H groups in total. The van der Waals surface area contributed by atoms with Gasteiger partial charge in [-0.1, -0.05) is 204 Å². The van der Waals surface area contributed by atoms with Gasteiger partial charge in [0.15, 0.2) is 0 Å². The fraction of sp³-hybridized carbons (Fsp3) is 0.286. The third-order valence-corrected chi connectivity index (χ3v) is 16.9. The standard InChI is InChI=1S/C70H66/c1-67(2,3)42-31-40(32-43(35-42)68(4,5)6)61-58-37-56-54-29-27-52-50-25-17-19-39-20-18-26-51(60(39)50)53-28-30-55(64(54)63(52)53)57(56)38-59(58)62(41-33-44(69(7,8)9)36-45(34-41)70(10,11)12)66-49-24-16-14-22-47(49)46-21-13-15-23-48(46)65(61)66/h13-17,19-25,27,29,31-38H,18,26,28,30H2,1-12H3. The van der Waals surface area contributed by atoms with Crippen LogP contribution in [0.15, 0.2) is 127 Å². The van der Waals surface area contributed by atoms with Gasteiger partial charge in [0.25, 0.3) is 0 Å². The molecule has 13 rings (SSSR count). The first kappa shape index (κ1) is 43.5. The second-order valence-corrected chi connectivity index (χ2v) is 25.5. The summed E-state index contributed by atoms with van der Waals surface area (Å²) >= 11 is 0. The van der Waals surface area contributed by atoms with Crippen molar-refractivity contribution in [2.45, 2.75) is 130 Å². The lowest BCUT2D eigenvalue weighted by atomic mass is 9.75. The van der Waals surface area contributed by atoms with Crippen molar-refractivity contribution in [3.05, 3.63) is 177 Å².